The number of nitrogens with one attached hydrogen (secondary N) is 2. The molecule has 3 N–H and O–H groups in total. The summed E-state index contributed by atoms with van der Waals surface area (Å²) >= 11 is 7.51. The second-order valence-electron chi connectivity index (χ2n) is 7.64. The van der Waals surface area contributed by atoms with E-state index in [1.807, 2.05) is 19.9 Å². The van der Waals surface area contributed by atoms with Crippen molar-refractivity contribution in [3.8, 4) is 5.75 Å². The molecule has 0 saturated carbocycles. The van der Waals surface area contributed by atoms with E-state index in [0.717, 1.165) is 10.5 Å². The minimum atomic E-state index is -1.18. The topological polar surface area (TPSA) is 105 Å². The smallest absolute Gasteiger partial charge is 0.336 e. The summed E-state index contributed by atoms with van der Waals surface area (Å²) in [5, 5.41) is 15.1. The van der Waals surface area contributed by atoms with Gasteiger partial charge in [-0.15, -0.1) is 11.8 Å². The number of benzene rings is 3. The molecule has 0 radical (unpaired) electrons. The lowest BCUT2D eigenvalue weighted by molar-refractivity contribution is -0.115. The van der Waals surface area contributed by atoms with Crippen molar-refractivity contribution in [3.05, 3.63) is 82.4 Å². The fraction of sp³-hybridized carbons (Fsp3) is 0.192. The standard InChI is InChI=1S/C26H25ClN2O5S/c1-4-23(25(31)29-21-12-15(2)20(27)14-22(21)34-3)35-17-9-7-8-16(13-17)28-24(30)18-10-5-6-11-19(18)26(32)33/h5-14,23H,4H2,1-3H3,(H,28,30)(H,29,31)(H,32,33). The molecule has 1 unspecified atom stereocenters. The van der Waals surface area contributed by atoms with Crippen LogP contribution in [-0.2, 0) is 4.79 Å². The maximum Gasteiger partial charge on any atom is 0.336 e. The van der Waals surface area contributed by atoms with Gasteiger partial charge in [-0.05, 0) is 55.3 Å². The Morgan fingerprint density at radius 1 is 1.03 bits per heavy atom. The van der Waals surface area contributed by atoms with Crippen LogP contribution < -0.4 is 15.4 Å². The zero-order valence-electron chi connectivity index (χ0n) is 19.4. The molecule has 0 aliphatic carbocycles. The highest BCUT2D eigenvalue weighted by molar-refractivity contribution is 8.00. The molecule has 182 valence electrons. The first-order chi connectivity index (χ1) is 16.7. The molecule has 0 aromatic heterocycles. The number of anilines is 2. The molecule has 0 heterocycles. The lowest BCUT2D eigenvalue weighted by Gasteiger charge is -2.17. The van der Waals surface area contributed by atoms with Gasteiger partial charge in [-0.1, -0.05) is 36.7 Å². The zero-order valence-corrected chi connectivity index (χ0v) is 21.0. The molecule has 0 fully saturated rings. The van der Waals surface area contributed by atoms with Crippen LogP contribution in [0.1, 0.15) is 39.6 Å². The molecule has 0 spiro atoms. The van der Waals surface area contributed by atoms with E-state index in [2.05, 4.69) is 10.6 Å². The fourth-order valence-corrected chi connectivity index (χ4v) is 4.51. The largest absolute Gasteiger partial charge is 0.495 e. The number of carbonyl (C=O) groups excluding carboxylic acids is 2. The summed E-state index contributed by atoms with van der Waals surface area (Å²) in [6, 6.07) is 16.5. The van der Waals surface area contributed by atoms with Crippen LogP contribution in [0.15, 0.2) is 65.6 Å². The molecular weight excluding hydrogens is 488 g/mol. The molecule has 9 heteroatoms. The third-order valence-electron chi connectivity index (χ3n) is 5.17. The van der Waals surface area contributed by atoms with E-state index in [-0.39, 0.29) is 17.0 Å². The maximum atomic E-state index is 13.0. The summed E-state index contributed by atoms with van der Waals surface area (Å²) in [6.07, 6.45) is 0.563. The van der Waals surface area contributed by atoms with Crippen LogP contribution >= 0.6 is 23.4 Å². The van der Waals surface area contributed by atoms with Crippen LogP contribution in [0.5, 0.6) is 5.75 Å². The SMILES string of the molecule is CCC(Sc1cccc(NC(=O)c2ccccc2C(=O)O)c1)C(=O)Nc1cc(C)c(Cl)cc1OC. The van der Waals surface area contributed by atoms with Gasteiger partial charge < -0.3 is 20.5 Å². The predicted octanol–water partition coefficient (Wildman–Crippen LogP) is 6.12. The van der Waals surface area contributed by atoms with Gasteiger partial charge in [-0.3, -0.25) is 9.59 Å². The number of carbonyl (C=O) groups is 3. The normalized spacial score (nSPS) is 11.4. The Hall–Kier alpha value is -3.49. The van der Waals surface area contributed by atoms with Crippen LogP contribution in [0.2, 0.25) is 5.02 Å². The summed E-state index contributed by atoms with van der Waals surface area (Å²) in [5.41, 5.74) is 1.83. The van der Waals surface area contributed by atoms with E-state index in [1.165, 1.54) is 31.0 Å². The molecule has 3 aromatic carbocycles. The Kier molecular flexibility index (Phi) is 8.78. The molecule has 1 atom stereocenters. The number of carboxylic acid groups (broad SMARTS) is 1. The van der Waals surface area contributed by atoms with Crippen molar-refractivity contribution in [1.29, 1.82) is 0 Å². The van der Waals surface area contributed by atoms with E-state index < -0.39 is 17.1 Å². The number of aromatic carboxylic acids is 1. The van der Waals surface area contributed by atoms with Crippen molar-refractivity contribution in [3.63, 3.8) is 0 Å². The van der Waals surface area contributed by atoms with Gasteiger partial charge in [0.25, 0.3) is 5.91 Å². The second-order valence-corrected chi connectivity index (χ2v) is 9.32. The first-order valence-corrected chi connectivity index (χ1v) is 12.0. The van der Waals surface area contributed by atoms with Gasteiger partial charge in [0.2, 0.25) is 5.91 Å². The average Bonchev–Trinajstić information content (AvgIpc) is 2.84. The van der Waals surface area contributed by atoms with Crippen LogP contribution in [0.25, 0.3) is 0 Å². The van der Waals surface area contributed by atoms with E-state index in [4.69, 9.17) is 16.3 Å². The van der Waals surface area contributed by atoms with Gasteiger partial charge in [0.1, 0.15) is 5.75 Å². The van der Waals surface area contributed by atoms with Crippen molar-refractivity contribution < 1.29 is 24.2 Å². The van der Waals surface area contributed by atoms with E-state index in [1.54, 1.807) is 42.5 Å². The summed E-state index contributed by atoms with van der Waals surface area (Å²) in [4.78, 5) is 37.9. The molecule has 7 nitrogen and oxygen atoms in total. The number of rotatable bonds is 9. The van der Waals surface area contributed by atoms with E-state index in [0.29, 0.717) is 28.6 Å². The number of hydrogen-bond donors (Lipinski definition) is 3. The first-order valence-electron chi connectivity index (χ1n) is 10.8. The number of carboxylic acids is 1. The molecule has 2 amide bonds. The number of ether oxygens (including phenoxy) is 1. The van der Waals surface area contributed by atoms with Gasteiger partial charge >= 0.3 is 5.97 Å². The highest BCUT2D eigenvalue weighted by Crippen LogP contribution is 2.33. The quantitative estimate of drug-likeness (QED) is 0.298. The molecule has 0 bridgehead atoms. The summed E-state index contributed by atoms with van der Waals surface area (Å²) in [7, 11) is 1.51. The molecular formula is C26H25ClN2O5S. The first kappa shape index (κ1) is 26.1. The number of amides is 2. The molecule has 35 heavy (non-hydrogen) atoms. The van der Waals surface area contributed by atoms with Crippen LogP contribution in [0.4, 0.5) is 11.4 Å². The highest BCUT2D eigenvalue weighted by atomic mass is 35.5. The van der Waals surface area contributed by atoms with Gasteiger partial charge in [-0.2, -0.15) is 0 Å². The minimum absolute atomic E-state index is 0.0658. The highest BCUT2D eigenvalue weighted by Gasteiger charge is 2.21. The number of methoxy groups -OCH3 is 1. The Balaban J connectivity index is 1.73. The maximum absolute atomic E-state index is 13.0. The summed E-state index contributed by atoms with van der Waals surface area (Å²) in [5.74, 6) is -1.42. The van der Waals surface area contributed by atoms with Gasteiger partial charge in [0.05, 0.1) is 29.2 Å². The van der Waals surface area contributed by atoms with Crippen LogP contribution in [-0.4, -0.2) is 35.2 Å². The predicted molar refractivity (Wildman–Crippen MR) is 139 cm³/mol. The van der Waals surface area contributed by atoms with Crippen molar-refractivity contribution >= 4 is 52.5 Å². The van der Waals surface area contributed by atoms with Crippen LogP contribution in [0, 0.1) is 6.92 Å². The third-order valence-corrected chi connectivity index (χ3v) is 6.94. The Labute approximate surface area is 212 Å². The monoisotopic (exact) mass is 512 g/mol. The van der Waals surface area contributed by atoms with E-state index in [9.17, 15) is 19.5 Å². The summed E-state index contributed by atoms with van der Waals surface area (Å²) in [6.45, 7) is 3.76. The van der Waals surface area contributed by atoms with Crippen molar-refractivity contribution in [2.24, 2.45) is 0 Å². The number of hydrogen-bond acceptors (Lipinski definition) is 5. The number of thioether (sulfide) groups is 1. The molecule has 0 aliphatic heterocycles. The number of halogens is 1. The van der Waals surface area contributed by atoms with E-state index >= 15 is 0 Å². The minimum Gasteiger partial charge on any atom is -0.495 e. The summed E-state index contributed by atoms with van der Waals surface area (Å²) < 4.78 is 5.34. The van der Waals surface area contributed by atoms with Gasteiger partial charge in [0.15, 0.2) is 0 Å². The van der Waals surface area contributed by atoms with Crippen LogP contribution in [0.3, 0.4) is 0 Å². The zero-order chi connectivity index (χ0) is 25.5. The van der Waals surface area contributed by atoms with Gasteiger partial charge in [0, 0.05) is 21.7 Å². The molecule has 0 saturated heterocycles. The lowest BCUT2D eigenvalue weighted by atomic mass is 10.1. The van der Waals surface area contributed by atoms with Crippen molar-refractivity contribution in [1.82, 2.24) is 0 Å². The third kappa shape index (κ3) is 6.55. The lowest BCUT2D eigenvalue weighted by Crippen LogP contribution is -2.25. The van der Waals surface area contributed by atoms with Crippen molar-refractivity contribution in [2.45, 2.75) is 30.4 Å². The fourth-order valence-electron chi connectivity index (χ4n) is 3.34. The molecule has 0 aliphatic rings. The van der Waals surface area contributed by atoms with Gasteiger partial charge in [-0.25, -0.2) is 4.79 Å². The Morgan fingerprint density at radius 3 is 2.40 bits per heavy atom. The van der Waals surface area contributed by atoms with Crippen molar-refractivity contribution in [2.75, 3.05) is 17.7 Å². The second kappa shape index (κ2) is 11.8. The Morgan fingerprint density at radius 2 is 1.74 bits per heavy atom. The molecule has 3 rings (SSSR count). The average molecular weight is 513 g/mol. The Bertz CT molecular complexity index is 1260. The molecule has 3 aromatic rings. The number of aryl methyl sites for hydroxylation is 1.